The summed E-state index contributed by atoms with van der Waals surface area (Å²) in [6.07, 6.45) is 0.897. The number of amides is 1. The van der Waals surface area contributed by atoms with Crippen molar-refractivity contribution in [3.05, 3.63) is 35.1 Å². The van der Waals surface area contributed by atoms with E-state index in [9.17, 15) is 9.18 Å². The van der Waals surface area contributed by atoms with Crippen LogP contribution in [0.1, 0.15) is 31.4 Å². The van der Waals surface area contributed by atoms with Crippen LogP contribution in [0.3, 0.4) is 0 Å². The highest BCUT2D eigenvalue weighted by atomic mass is 127. The Kier molecular flexibility index (Phi) is 10.00. The zero-order valence-corrected chi connectivity index (χ0v) is 18.7. The fourth-order valence-corrected chi connectivity index (χ4v) is 3.02. The molecule has 1 aliphatic heterocycles. The fourth-order valence-electron chi connectivity index (χ4n) is 3.02. The molecule has 27 heavy (non-hydrogen) atoms. The summed E-state index contributed by atoms with van der Waals surface area (Å²) in [6.45, 7) is 6.07. The third kappa shape index (κ3) is 6.91. The largest absolute Gasteiger partial charge is 0.380 e. The van der Waals surface area contributed by atoms with Crippen LogP contribution in [0.15, 0.2) is 23.2 Å². The van der Waals surface area contributed by atoms with E-state index in [1.54, 1.807) is 26.3 Å². The average Bonchev–Trinajstić information content (AvgIpc) is 3.08. The molecule has 0 aliphatic carbocycles. The minimum atomic E-state index is -0.265. The van der Waals surface area contributed by atoms with Gasteiger partial charge in [-0.3, -0.25) is 9.79 Å². The molecular weight excluding hydrogens is 462 g/mol. The first kappa shape index (κ1) is 23.6. The van der Waals surface area contributed by atoms with Gasteiger partial charge >= 0.3 is 0 Å². The lowest BCUT2D eigenvalue weighted by Gasteiger charge is -2.20. The Bertz CT molecular complexity index is 655. The zero-order chi connectivity index (χ0) is 19.1. The van der Waals surface area contributed by atoms with Crippen molar-refractivity contribution in [1.82, 2.24) is 15.5 Å². The summed E-state index contributed by atoms with van der Waals surface area (Å²) >= 11 is 0. The van der Waals surface area contributed by atoms with Crippen LogP contribution in [0.25, 0.3) is 0 Å². The third-order valence-corrected chi connectivity index (χ3v) is 4.43. The molecule has 1 aromatic rings. The molecule has 1 atom stereocenters. The molecule has 1 aromatic carbocycles. The smallest absolute Gasteiger partial charge is 0.225 e. The predicted octanol–water partition coefficient (Wildman–Crippen LogP) is 2.51. The Morgan fingerprint density at radius 2 is 2.19 bits per heavy atom. The Labute approximate surface area is 178 Å². The molecule has 1 saturated heterocycles. The monoisotopic (exact) mass is 492 g/mol. The van der Waals surface area contributed by atoms with Gasteiger partial charge in [-0.1, -0.05) is 19.9 Å². The molecule has 2 N–H and O–H groups in total. The van der Waals surface area contributed by atoms with Crippen molar-refractivity contribution in [2.75, 3.05) is 27.2 Å². The lowest BCUT2D eigenvalue weighted by atomic mass is 10.1. The minimum Gasteiger partial charge on any atom is -0.380 e. The van der Waals surface area contributed by atoms with Gasteiger partial charge in [-0.15, -0.1) is 24.0 Å². The van der Waals surface area contributed by atoms with Crippen LogP contribution >= 0.6 is 24.0 Å². The summed E-state index contributed by atoms with van der Waals surface area (Å²) in [7, 11) is 3.26. The summed E-state index contributed by atoms with van der Waals surface area (Å²) in [6, 6.07) is 5.17. The number of nitrogens with one attached hydrogen (secondary N) is 2. The summed E-state index contributed by atoms with van der Waals surface area (Å²) < 4.78 is 18.7. The fraction of sp³-hybridized carbons (Fsp3) is 0.579. The summed E-state index contributed by atoms with van der Waals surface area (Å²) in [5.74, 6) is 0.616. The van der Waals surface area contributed by atoms with Gasteiger partial charge in [-0.2, -0.15) is 0 Å². The first-order valence-corrected chi connectivity index (χ1v) is 8.96. The average molecular weight is 492 g/mol. The van der Waals surface area contributed by atoms with Gasteiger partial charge in [0.1, 0.15) is 5.82 Å². The Hall–Kier alpha value is -1.42. The molecule has 152 valence electrons. The maximum Gasteiger partial charge on any atom is 0.225 e. The van der Waals surface area contributed by atoms with E-state index in [2.05, 4.69) is 15.6 Å². The van der Waals surface area contributed by atoms with E-state index in [0.29, 0.717) is 24.6 Å². The number of halogens is 2. The van der Waals surface area contributed by atoms with Crippen LogP contribution in [0.5, 0.6) is 0 Å². The highest BCUT2D eigenvalue weighted by Gasteiger charge is 2.27. The lowest BCUT2D eigenvalue weighted by molar-refractivity contribution is -0.133. The SMILES string of the molecule is CN=C(NCc1ccc(F)c(COC)c1)NC1CCN(C(=O)C(C)C)C1.I. The minimum absolute atomic E-state index is 0. The number of rotatable bonds is 6. The third-order valence-electron chi connectivity index (χ3n) is 4.43. The van der Waals surface area contributed by atoms with Gasteiger partial charge in [-0.25, -0.2) is 4.39 Å². The Balaban J connectivity index is 0.00000364. The highest BCUT2D eigenvalue weighted by molar-refractivity contribution is 14.0. The number of hydrogen-bond donors (Lipinski definition) is 2. The summed E-state index contributed by atoms with van der Waals surface area (Å²) in [4.78, 5) is 18.2. The number of guanidine groups is 1. The van der Waals surface area contributed by atoms with Crippen LogP contribution in [0.2, 0.25) is 0 Å². The summed E-state index contributed by atoms with van der Waals surface area (Å²) in [5, 5.41) is 6.60. The molecule has 1 unspecified atom stereocenters. The molecule has 1 heterocycles. The second-order valence-corrected chi connectivity index (χ2v) is 6.85. The van der Waals surface area contributed by atoms with Crippen molar-refractivity contribution >= 4 is 35.8 Å². The van der Waals surface area contributed by atoms with Crippen molar-refractivity contribution in [2.45, 2.75) is 39.5 Å². The molecule has 1 aliphatic rings. The van der Waals surface area contributed by atoms with Gasteiger partial charge in [0.25, 0.3) is 0 Å². The van der Waals surface area contributed by atoms with Crippen LogP contribution in [0, 0.1) is 11.7 Å². The number of likely N-dealkylation sites (tertiary alicyclic amines) is 1. The maximum atomic E-state index is 13.7. The quantitative estimate of drug-likeness (QED) is 0.364. The van der Waals surface area contributed by atoms with E-state index < -0.39 is 0 Å². The molecule has 0 aromatic heterocycles. The number of aliphatic imine (C=N–C) groups is 1. The first-order valence-electron chi connectivity index (χ1n) is 8.96. The van der Waals surface area contributed by atoms with Gasteiger partial charge in [0.2, 0.25) is 5.91 Å². The standard InChI is InChI=1S/C19H29FN4O2.HI/c1-13(2)18(25)24-8-7-16(11-24)23-19(21-3)22-10-14-5-6-17(20)15(9-14)12-26-4;/h5-6,9,13,16H,7-8,10-12H2,1-4H3,(H2,21,22,23);1H. The molecule has 0 spiro atoms. The first-order chi connectivity index (χ1) is 12.4. The van der Waals surface area contributed by atoms with Gasteiger partial charge in [-0.05, 0) is 24.1 Å². The van der Waals surface area contributed by atoms with Crippen LogP contribution in [-0.4, -0.2) is 50.1 Å². The van der Waals surface area contributed by atoms with E-state index in [-0.39, 0.29) is 54.3 Å². The van der Waals surface area contributed by atoms with Crippen molar-refractivity contribution < 1.29 is 13.9 Å². The highest BCUT2D eigenvalue weighted by Crippen LogP contribution is 2.13. The van der Waals surface area contributed by atoms with Gasteiger partial charge in [0.05, 0.1) is 6.61 Å². The van der Waals surface area contributed by atoms with Crippen LogP contribution in [-0.2, 0) is 22.7 Å². The maximum absolute atomic E-state index is 13.7. The normalized spacial score (nSPS) is 17.0. The van der Waals surface area contributed by atoms with E-state index in [4.69, 9.17) is 4.74 Å². The molecule has 0 saturated carbocycles. The second kappa shape index (κ2) is 11.4. The number of hydrogen-bond acceptors (Lipinski definition) is 3. The number of carbonyl (C=O) groups excluding carboxylic acids is 1. The van der Waals surface area contributed by atoms with Gasteiger partial charge in [0.15, 0.2) is 5.96 Å². The van der Waals surface area contributed by atoms with E-state index in [0.717, 1.165) is 18.5 Å². The summed E-state index contributed by atoms with van der Waals surface area (Å²) in [5.41, 5.74) is 1.48. The topological polar surface area (TPSA) is 66.0 Å². The predicted molar refractivity (Wildman–Crippen MR) is 116 cm³/mol. The second-order valence-electron chi connectivity index (χ2n) is 6.85. The number of nitrogens with zero attached hydrogens (tertiary/aromatic N) is 2. The Morgan fingerprint density at radius 1 is 1.44 bits per heavy atom. The number of carbonyl (C=O) groups is 1. The van der Waals surface area contributed by atoms with E-state index in [1.807, 2.05) is 18.7 Å². The van der Waals surface area contributed by atoms with Crippen molar-refractivity contribution in [2.24, 2.45) is 10.9 Å². The molecule has 2 rings (SSSR count). The molecule has 1 amide bonds. The molecule has 1 fully saturated rings. The molecule has 0 bridgehead atoms. The molecule has 8 heteroatoms. The number of methoxy groups -OCH3 is 1. The van der Waals surface area contributed by atoms with Gasteiger partial charge in [0, 0.05) is 51.3 Å². The van der Waals surface area contributed by atoms with E-state index in [1.165, 1.54) is 6.07 Å². The molecule has 0 radical (unpaired) electrons. The van der Waals surface area contributed by atoms with E-state index >= 15 is 0 Å². The van der Waals surface area contributed by atoms with Crippen molar-refractivity contribution in [3.63, 3.8) is 0 Å². The van der Waals surface area contributed by atoms with Crippen LogP contribution in [0.4, 0.5) is 4.39 Å². The molecular formula is C19H30FIN4O2. The number of ether oxygens (including phenoxy) is 1. The molecule has 6 nitrogen and oxygen atoms in total. The van der Waals surface area contributed by atoms with Crippen LogP contribution < -0.4 is 10.6 Å². The lowest BCUT2D eigenvalue weighted by Crippen LogP contribution is -2.45. The number of benzene rings is 1. The Morgan fingerprint density at radius 3 is 2.81 bits per heavy atom. The van der Waals surface area contributed by atoms with Gasteiger partial charge < -0.3 is 20.3 Å². The van der Waals surface area contributed by atoms with Crippen molar-refractivity contribution in [1.29, 1.82) is 0 Å². The van der Waals surface area contributed by atoms with Crippen molar-refractivity contribution in [3.8, 4) is 0 Å². The zero-order valence-electron chi connectivity index (χ0n) is 16.4.